The van der Waals surface area contributed by atoms with Crippen LogP contribution in [0.1, 0.15) is 20.7 Å². The highest BCUT2D eigenvalue weighted by atomic mass is 127. The molecule has 0 unspecified atom stereocenters. The molecule has 0 saturated heterocycles. The Morgan fingerprint density at radius 3 is 2.45 bits per heavy atom. The van der Waals surface area contributed by atoms with Crippen LogP contribution in [0.25, 0.3) is 0 Å². The molecular formula is C14H9ClINO3. The first-order valence-electron chi connectivity index (χ1n) is 5.57. The molecule has 4 nitrogen and oxygen atoms in total. The van der Waals surface area contributed by atoms with Crippen molar-refractivity contribution in [2.75, 3.05) is 5.32 Å². The highest BCUT2D eigenvalue weighted by Gasteiger charge is 2.11. The van der Waals surface area contributed by atoms with E-state index in [9.17, 15) is 9.59 Å². The van der Waals surface area contributed by atoms with Crippen molar-refractivity contribution in [3.8, 4) is 0 Å². The Balaban J connectivity index is 2.24. The van der Waals surface area contributed by atoms with Gasteiger partial charge in [0.25, 0.3) is 5.91 Å². The van der Waals surface area contributed by atoms with Gasteiger partial charge in [0.15, 0.2) is 0 Å². The number of anilines is 1. The van der Waals surface area contributed by atoms with Crippen LogP contribution in [0.3, 0.4) is 0 Å². The van der Waals surface area contributed by atoms with E-state index in [4.69, 9.17) is 16.7 Å². The molecule has 0 radical (unpaired) electrons. The lowest BCUT2D eigenvalue weighted by Gasteiger charge is -2.08. The van der Waals surface area contributed by atoms with Gasteiger partial charge in [-0.05, 0) is 59.0 Å². The second-order valence-corrected chi connectivity index (χ2v) is 5.56. The zero-order valence-corrected chi connectivity index (χ0v) is 13.0. The van der Waals surface area contributed by atoms with Crippen LogP contribution in [0, 0.1) is 3.57 Å². The largest absolute Gasteiger partial charge is 0.478 e. The van der Waals surface area contributed by atoms with Crippen LogP contribution in [-0.2, 0) is 0 Å². The maximum Gasteiger partial charge on any atom is 0.335 e. The van der Waals surface area contributed by atoms with Crippen LogP contribution >= 0.6 is 34.2 Å². The first-order chi connectivity index (χ1) is 9.47. The Bertz CT molecular complexity index is 688. The van der Waals surface area contributed by atoms with E-state index in [1.165, 1.54) is 18.2 Å². The van der Waals surface area contributed by atoms with E-state index in [1.807, 2.05) is 0 Å². The highest BCUT2D eigenvalue weighted by Crippen LogP contribution is 2.23. The van der Waals surface area contributed by atoms with Gasteiger partial charge in [-0.15, -0.1) is 0 Å². The fourth-order valence-corrected chi connectivity index (χ4v) is 2.59. The van der Waals surface area contributed by atoms with Gasteiger partial charge in [-0.2, -0.15) is 0 Å². The van der Waals surface area contributed by atoms with Crippen molar-refractivity contribution in [1.29, 1.82) is 0 Å². The minimum Gasteiger partial charge on any atom is -0.478 e. The molecule has 1 amide bonds. The van der Waals surface area contributed by atoms with Crippen molar-refractivity contribution < 1.29 is 14.7 Å². The molecule has 0 aliphatic heterocycles. The highest BCUT2D eigenvalue weighted by molar-refractivity contribution is 14.1. The second kappa shape index (κ2) is 6.23. The number of carbonyl (C=O) groups excluding carboxylic acids is 1. The molecule has 0 saturated carbocycles. The summed E-state index contributed by atoms with van der Waals surface area (Å²) in [5.41, 5.74) is 0.986. The van der Waals surface area contributed by atoms with Crippen LogP contribution in [-0.4, -0.2) is 17.0 Å². The summed E-state index contributed by atoms with van der Waals surface area (Å²) in [6.45, 7) is 0. The molecular weight excluding hydrogens is 393 g/mol. The molecule has 0 aliphatic rings. The lowest BCUT2D eigenvalue weighted by atomic mass is 10.1. The van der Waals surface area contributed by atoms with Crippen LogP contribution in [0.15, 0.2) is 42.5 Å². The van der Waals surface area contributed by atoms with Gasteiger partial charge in [0.1, 0.15) is 0 Å². The predicted octanol–water partition coefficient (Wildman–Crippen LogP) is 3.90. The van der Waals surface area contributed by atoms with E-state index in [1.54, 1.807) is 24.3 Å². The van der Waals surface area contributed by atoms with E-state index in [2.05, 4.69) is 27.9 Å². The van der Waals surface area contributed by atoms with E-state index in [-0.39, 0.29) is 17.0 Å². The Morgan fingerprint density at radius 1 is 1.10 bits per heavy atom. The monoisotopic (exact) mass is 401 g/mol. The predicted molar refractivity (Wildman–Crippen MR) is 85.5 cm³/mol. The van der Waals surface area contributed by atoms with Crippen LogP contribution in [0.5, 0.6) is 0 Å². The molecule has 20 heavy (non-hydrogen) atoms. The minimum absolute atomic E-state index is 0.0726. The maximum atomic E-state index is 12.1. The molecule has 2 rings (SSSR count). The summed E-state index contributed by atoms with van der Waals surface area (Å²) >= 11 is 7.91. The van der Waals surface area contributed by atoms with E-state index in [0.29, 0.717) is 10.7 Å². The third kappa shape index (κ3) is 3.49. The normalized spacial score (nSPS) is 10.1. The number of carboxylic acid groups (broad SMARTS) is 1. The summed E-state index contributed by atoms with van der Waals surface area (Å²) in [6.07, 6.45) is 0. The second-order valence-electron chi connectivity index (χ2n) is 3.96. The SMILES string of the molecule is O=C(O)c1cccc(C(=O)Nc2ccc(Cl)cc2I)c1. The van der Waals surface area contributed by atoms with E-state index < -0.39 is 5.97 Å². The average Bonchev–Trinajstić information content (AvgIpc) is 2.42. The summed E-state index contributed by atoms with van der Waals surface area (Å²) in [7, 11) is 0. The van der Waals surface area contributed by atoms with Gasteiger partial charge >= 0.3 is 5.97 Å². The quantitative estimate of drug-likeness (QED) is 0.767. The number of carbonyl (C=O) groups is 2. The molecule has 6 heteroatoms. The Hall–Kier alpha value is -1.60. The van der Waals surface area contributed by atoms with Crippen molar-refractivity contribution >= 4 is 51.8 Å². The van der Waals surface area contributed by atoms with Crippen molar-refractivity contribution in [2.45, 2.75) is 0 Å². The zero-order chi connectivity index (χ0) is 14.7. The van der Waals surface area contributed by atoms with Crippen LogP contribution in [0.4, 0.5) is 5.69 Å². The van der Waals surface area contributed by atoms with Crippen molar-refractivity contribution in [3.63, 3.8) is 0 Å². The van der Waals surface area contributed by atoms with E-state index >= 15 is 0 Å². The third-order valence-corrected chi connectivity index (χ3v) is 3.68. The summed E-state index contributed by atoms with van der Waals surface area (Å²) in [5, 5.41) is 12.2. The molecule has 2 aromatic carbocycles. The maximum absolute atomic E-state index is 12.1. The summed E-state index contributed by atoms with van der Waals surface area (Å²) in [4.78, 5) is 23.0. The number of rotatable bonds is 3. The molecule has 2 N–H and O–H groups in total. The van der Waals surface area contributed by atoms with Crippen molar-refractivity contribution in [2.24, 2.45) is 0 Å². The number of aromatic carboxylic acids is 1. The standard InChI is InChI=1S/C14H9ClINO3/c15-10-4-5-12(11(16)7-10)17-13(18)8-2-1-3-9(6-8)14(19)20/h1-7H,(H,17,18)(H,19,20). The molecule has 102 valence electrons. The smallest absolute Gasteiger partial charge is 0.335 e. The number of carboxylic acids is 1. The van der Waals surface area contributed by atoms with Crippen molar-refractivity contribution in [3.05, 3.63) is 62.2 Å². The molecule has 0 atom stereocenters. The topological polar surface area (TPSA) is 66.4 Å². The van der Waals surface area contributed by atoms with Gasteiger partial charge < -0.3 is 10.4 Å². The fraction of sp³-hybridized carbons (Fsp3) is 0. The van der Waals surface area contributed by atoms with Gasteiger partial charge in [-0.3, -0.25) is 4.79 Å². The van der Waals surface area contributed by atoms with Gasteiger partial charge in [-0.1, -0.05) is 17.7 Å². The van der Waals surface area contributed by atoms with Gasteiger partial charge in [0.05, 0.1) is 11.3 Å². The molecule has 0 spiro atoms. The van der Waals surface area contributed by atoms with Gasteiger partial charge in [0, 0.05) is 14.2 Å². The zero-order valence-electron chi connectivity index (χ0n) is 10.1. The summed E-state index contributed by atoms with van der Waals surface area (Å²) < 4.78 is 0.804. The average molecular weight is 402 g/mol. The number of amides is 1. The van der Waals surface area contributed by atoms with Gasteiger partial charge in [0.2, 0.25) is 0 Å². The number of halogens is 2. The van der Waals surface area contributed by atoms with Crippen LogP contribution < -0.4 is 5.32 Å². The summed E-state index contributed by atoms with van der Waals surface area (Å²) in [6, 6.07) is 11.0. The van der Waals surface area contributed by atoms with Crippen molar-refractivity contribution in [1.82, 2.24) is 0 Å². The minimum atomic E-state index is -1.07. The fourth-order valence-electron chi connectivity index (χ4n) is 1.58. The molecule has 0 bridgehead atoms. The number of hydrogen-bond acceptors (Lipinski definition) is 2. The molecule has 2 aromatic rings. The molecule has 0 aromatic heterocycles. The first kappa shape index (κ1) is 14.8. The van der Waals surface area contributed by atoms with E-state index in [0.717, 1.165) is 3.57 Å². The number of nitrogens with one attached hydrogen (secondary N) is 1. The lowest BCUT2D eigenvalue weighted by molar-refractivity contribution is 0.0697. The van der Waals surface area contributed by atoms with Gasteiger partial charge in [-0.25, -0.2) is 4.79 Å². The molecule has 0 fully saturated rings. The number of hydrogen-bond donors (Lipinski definition) is 2. The Kier molecular flexibility index (Phi) is 4.61. The summed E-state index contributed by atoms with van der Waals surface area (Å²) in [5.74, 6) is -1.44. The lowest BCUT2D eigenvalue weighted by Crippen LogP contribution is -2.13. The first-order valence-corrected chi connectivity index (χ1v) is 7.03. The Labute approximate surface area is 133 Å². The molecule has 0 aliphatic carbocycles. The van der Waals surface area contributed by atoms with Crippen LogP contribution in [0.2, 0.25) is 5.02 Å². The Morgan fingerprint density at radius 2 is 1.80 bits per heavy atom. The number of benzene rings is 2. The molecule has 0 heterocycles. The third-order valence-electron chi connectivity index (χ3n) is 2.55.